The fourth-order valence-electron chi connectivity index (χ4n) is 7.48. The number of unbranched alkanes of at least 4 members (excludes halogenated alkanes) is 13. The molecule has 0 radical (unpaired) electrons. The lowest BCUT2D eigenvalue weighted by Gasteiger charge is -2.18. The van der Waals surface area contributed by atoms with Crippen LogP contribution in [0.5, 0.6) is 0 Å². The van der Waals surface area contributed by atoms with E-state index in [9.17, 15) is 14.4 Å². The summed E-state index contributed by atoms with van der Waals surface area (Å²) in [5.74, 6) is -1.01. The third kappa shape index (κ3) is 59.6. The molecule has 0 aromatic carbocycles. The highest BCUT2D eigenvalue weighted by molar-refractivity contribution is 5.71. The molecule has 0 saturated heterocycles. The first kappa shape index (κ1) is 70.8. The van der Waals surface area contributed by atoms with Crippen molar-refractivity contribution in [1.82, 2.24) is 0 Å². The molecule has 1 atom stereocenters. The van der Waals surface area contributed by atoms with Crippen molar-refractivity contribution in [3.63, 3.8) is 0 Å². The van der Waals surface area contributed by atoms with Crippen LogP contribution in [0.3, 0.4) is 0 Å². The van der Waals surface area contributed by atoms with Gasteiger partial charge >= 0.3 is 17.9 Å². The number of rotatable bonds is 52. The normalized spacial score (nSPS) is 13.4. The van der Waals surface area contributed by atoms with Gasteiger partial charge in [-0.3, -0.25) is 14.4 Å². The van der Waals surface area contributed by atoms with Gasteiger partial charge in [-0.15, -0.1) is 0 Å². The predicted molar refractivity (Wildman–Crippen MR) is 329 cm³/mol. The van der Waals surface area contributed by atoms with E-state index in [-0.39, 0.29) is 44.0 Å². The molecule has 0 bridgehead atoms. The van der Waals surface area contributed by atoms with E-state index in [1.807, 2.05) is 0 Å². The average molecular weight is 1050 g/mol. The lowest BCUT2D eigenvalue weighted by Crippen LogP contribution is -2.30. The molecule has 0 aromatic heterocycles. The van der Waals surface area contributed by atoms with Crippen LogP contribution in [0.15, 0.2) is 170 Å². The Kier molecular flexibility index (Phi) is 58.0. The molecule has 0 aliphatic heterocycles. The van der Waals surface area contributed by atoms with Crippen molar-refractivity contribution in [1.29, 1.82) is 0 Å². The molecule has 6 heteroatoms. The number of hydrogen-bond donors (Lipinski definition) is 0. The van der Waals surface area contributed by atoms with Gasteiger partial charge in [0.15, 0.2) is 6.10 Å². The zero-order chi connectivity index (χ0) is 55.0. The van der Waals surface area contributed by atoms with E-state index < -0.39 is 6.10 Å². The van der Waals surface area contributed by atoms with Crippen LogP contribution in [0.25, 0.3) is 0 Å². The standard InChI is InChI=1S/C70H108O6/c1-4-7-10-13-16-19-22-25-27-29-31-32-33-34-35-36-37-38-40-41-43-45-48-51-54-57-60-63-69(72)75-66-67(65-74-68(71)62-59-56-53-50-47-24-21-18-15-12-9-6-3)76-70(73)64-61-58-55-52-49-46-44-42-39-30-28-26-23-20-17-14-11-8-5-2/h7-8,10-11,16-21,25-28,31-32,34-35,37-39,41-43,46,48-49,51,67H,4-6,9,12-15,22-24,29-30,33,36,40,44-45,47,50,52-66H2,1-3H3/b10-7-,11-8-,19-16-,20-17-,21-18-,27-25-,28-26-,32-31-,35-34-,38-37-,42-39-,43-41-,49-46-,51-48-. The first-order valence-electron chi connectivity index (χ1n) is 30.1. The molecule has 0 rings (SSSR count). The number of hydrogen-bond acceptors (Lipinski definition) is 6. The van der Waals surface area contributed by atoms with Gasteiger partial charge in [0.2, 0.25) is 0 Å². The van der Waals surface area contributed by atoms with E-state index in [2.05, 4.69) is 191 Å². The molecular formula is C70H108O6. The topological polar surface area (TPSA) is 78.9 Å². The van der Waals surface area contributed by atoms with E-state index in [0.717, 1.165) is 148 Å². The first-order chi connectivity index (χ1) is 37.5. The van der Waals surface area contributed by atoms with E-state index in [4.69, 9.17) is 14.2 Å². The monoisotopic (exact) mass is 1040 g/mol. The molecule has 0 aliphatic rings. The van der Waals surface area contributed by atoms with Crippen molar-refractivity contribution in [3.8, 4) is 0 Å². The quantitative estimate of drug-likeness (QED) is 0.0261. The Hall–Kier alpha value is -5.23. The Morgan fingerprint density at radius 3 is 0.855 bits per heavy atom. The van der Waals surface area contributed by atoms with E-state index in [1.54, 1.807) is 0 Å². The number of carbonyl (C=O) groups excluding carboxylic acids is 3. The van der Waals surface area contributed by atoms with Crippen molar-refractivity contribution >= 4 is 17.9 Å². The Morgan fingerprint density at radius 2 is 0.513 bits per heavy atom. The molecule has 0 fully saturated rings. The van der Waals surface area contributed by atoms with Crippen molar-refractivity contribution in [3.05, 3.63) is 170 Å². The highest BCUT2D eigenvalue weighted by atomic mass is 16.6. The summed E-state index contributed by atoms with van der Waals surface area (Å²) in [4.78, 5) is 38.2. The maximum Gasteiger partial charge on any atom is 0.306 e. The molecule has 0 N–H and O–H groups in total. The molecule has 1 unspecified atom stereocenters. The van der Waals surface area contributed by atoms with Crippen LogP contribution >= 0.6 is 0 Å². The fraction of sp³-hybridized carbons (Fsp3) is 0.557. The van der Waals surface area contributed by atoms with Gasteiger partial charge in [-0.2, -0.15) is 0 Å². The molecule has 424 valence electrons. The van der Waals surface area contributed by atoms with Gasteiger partial charge in [-0.05, 0) is 154 Å². The lowest BCUT2D eigenvalue weighted by molar-refractivity contribution is -0.167. The Bertz CT molecular complexity index is 1770. The third-order valence-corrected chi connectivity index (χ3v) is 11.9. The maximum atomic E-state index is 12.9. The largest absolute Gasteiger partial charge is 0.462 e. The summed E-state index contributed by atoms with van der Waals surface area (Å²) >= 11 is 0. The van der Waals surface area contributed by atoms with Gasteiger partial charge in [0.1, 0.15) is 13.2 Å². The molecule has 76 heavy (non-hydrogen) atoms. The number of allylic oxidation sites excluding steroid dienone is 28. The second-order valence-corrected chi connectivity index (χ2v) is 19.1. The van der Waals surface area contributed by atoms with E-state index in [0.29, 0.717) is 19.3 Å². The summed E-state index contributed by atoms with van der Waals surface area (Å²) in [6.45, 7) is 6.30. The lowest BCUT2D eigenvalue weighted by atomic mass is 10.1. The minimum absolute atomic E-state index is 0.118. The smallest absolute Gasteiger partial charge is 0.306 e. The summed E-state index contributed by atoms with van der Waals surface area (Å²) in [6, 6.07) is 0. The average Bonchev–Trinajstić information content (AvgIpc) is 3.42. The minimum Gasteiger partial charge on any atom is -0.462 e. The Labute approximate surface area is 466 Å². The summed E-state index contributed by atoms with van der Waals surface area (Å²) in [6.07, 6.45) is 92.1. The molecule has 6 nitrogen and oxygen atoms in total. The molecule has 0 aromatic rings. The second-order valence-electron chi connectivity index (χ2n) is 19.1. The van der Waals surface area contributed by atoms with Gasteiger partial charge in [0.05, 0.1) is 0 Å². The van der Waals surface area contributed by atoms with Crippen LogP contribution < -0.4 is 0 Å². The van der Waals surface area contributed by atoms with Crippen LogP contribution in [0.1, 0.15) is 233 Å². The predicted octanol–water partition coefficient (Wildman–Crippen LogP) is 20.7. The van der Waals surface area contributed by atoms with Gasteiger partial charge < -0.3 is 14.2 Å². The summed E-state index contributed by atoms with van der Waals surface area (Å²) < 4.78 is 16.8. The molecule has 0 amide bonds. The van der Waals surface area contributed by atoms with Gasteiger partial charge in [0.25, 0.3) is 0 Å². The van der Waals surface area contributed by atoms with Crippen LogP contribution in [0, 0.1) is 0 Å². The third-order valence-electron chi connectivity index (χ3n) is 11.9. The number of ether oxygens (including phenoxy) is 3. The van der Waals surface area contributed by atoms with Crippen LogP contribution in [-0.2, 0) is 28.6 Å². The zero-order valence-corrected chi connectivity index (χ0v) is 48.4. The number of carbonyl (C=O) groups is 3. The summed E-state index contributed by atoms with van der Waals surface area (Å²) in [5.41, 5.74) is 0. The second kappa shape index (κ2) is 62.3. The number of esters is 3. The molecule has 0 spiro atoms. The molecule has 0 aliphatic carbocycles. The summed E-state index contributed by atoms with van der Waals surface area (Å²) in [5, 5.41) is 0. The van der Waals surface area contributed by atoms with Crippen LogP contribution in [0.2, 0.25) is 0 Å². The molecule has 0 saturated carbocycles. The Morgan fingerprint density at radius 1 is 0.276 bits per heavy atom. The van der Waals surface area contributed by atoms with Crippen molar-refractivity contribution < 1.29 is 28.6 Å². The van der Waals surface area contributed by atoms with E-state index in [1.165, 1.54) is 32.1 Å². The van der Waals surface area contributed by atoms with Crippen molar-refractivity contribution in [2.24, 2.45) is 0 Å². The van der Waals surface area contributed by atoms with Gasteiger partial charge in [0, 0.05) is 19.3 Å². The molecular weight excluding hydrogens is 937 g/mol. The van der Waals surface area contributed by atoms with Gasteiger partial charge in [-0.25, -0.2) is 0 Å². The van der Waals surface area contributed by atoms with E-state index >= 15 is 0 Å². The summed E-state index contributed by atoms with van der Waals surface area (Å²) in [7, 11) is 0. The zero-order valence-electron chi connectivity index (χ0n) is 48.4. The first-order valence-corrected chi connectivity index (χ1v) is 30.1. The molecule has 0 heterocycles. The van der Waals surface area contributed by atoms with Crippen molar-refractivity contribution in [2.75, 3.05) is 13.2 Å². The highest BCUT2D eigenvalue weighted by Crippen LogP contribution is 2.12. The SMILES string of the molecule is CC/C=C\C/C=C\C/C=C\C/C=C\C/C=C\C/C=C\C/C=C\C/C=C\CCCCC(=O)OCC(COC(=O)CCCCCCC/C=C\CCCCC)OC(=O)CCCCC/C=C\C/C=C\C/C=C\C/C=C\C/C=C\CC. The fourth-order valence-corrected chi connectivity index (χ4v) is 7.48. The van der Waals surface area contributed by atoms with Gasteiger partial charge in [-0.1, -0.05) is 229 Å². The Balaban J connectivity index is 4.51. The van der Waals surface area contributed by atoms with Crippen LogP contribution in [-0.4, -0.2) is 37.2 Å². The van der Waals surface area contributed by atoms with Crippen molar-refractivity contribution in [2.45, 2.75) is 239 Å². The van der Waals surface area contributed by atoms with Crippen LogP contribution in [0.4, 0.5) is 0 Å². The maximum absolute atomic E-state index is 12.9. The minimum atomic E-state index is -0.827. The highest BCUT2D eigenvalue weighted by Gasteiger charge is 2.19.